The van der Waals surface area contributed by atoms with Gasteiger partial charge in [-0.1, -0.05) is 12.8 Å². The van der Waals surface area contributed by atoms with Crippen molar-refractivity contribution in [2.24, 2.45) is 11.8 Å². The van der Waals surface area contributed by atoms with Crippen LogP contribution in [0.3, 0.4) is 0 Å². The van der Waals surface area contributed by atoms with Crippen LogP contribution in [0, 0.1) is 11.8 Å². The summed E-state index contributed by atoms with van der Waals surface area (Å²) in [6, 6.07) is 0. The van der Waals surface area contributed by atoms with E-state index >= 15 is 0 Å². The van der Waals surface area contributed by atoms with Gasteiger partial charge in [0, 0.05) is 26.4 Å². The molecule has 1 aliphatic carbocycles. The first kappa shape index (κ1) is 14.5. The lowest BCUT2D eigenvalue weighted by molar-refractivity contribution is 0.141. The lowest BCUT2D eigenvalue weighted by atomic mass is 9.79. The summed E-state index contributed by atoms with van der Waals surface area (Å²) in [5.41, 5.74) is 0. The number of hydrogen-bond donors (Lipinski definition) is 3. The van der Waals surface area contributed by atoms with Crippen molar-refractivity contribution in [3.8, 4) is 0 Å². The fourth-order valence-corrected chi connectivity index (χ4v) is 2.96. The monoisotopic (exact) mass is 328 g/mol. The Morgan fingerprint density at radius 3 is 2.79 bits per heavy atom. The molecule has 19 heavy (non-hydrogen) atoms. The van der Waals surface area contributed by atoms with E-state index < -0.39 is 0 Å². The number of anilines is 2. The molecule has 6 heteroatoms. The van der Waals surface area contributed by atoms with Crippen molar-refractivity contribution in [2.45, 2.75) is 25.7 Å². The molecule has 0 saturated heterocycles. The van der Waals surface area contributed by atoms with Gasteiger partial charge in [0.2, 0.25) is 5.95 Å². The van der Waals surface area contributed by atoms with E-state index in [1.54, 1.807) is 13.2 Å². The van der Waals surface area contributed by atoms with Gasteiger partial charge in [0.15, 0.2) is 0 Å². The number of nitrogens with one attached hydrogen (secondary N) is 2. The topological polar surface area (TPSA) is 70.1 Å². The van der Waals surface area contributed by atoms with Gasteiger partial charge in [0.1, 0.15) is 5.82 Å². The normalized spacial score (nSPS) is 23.1. The molecule has 0 radical (unpaired) electrons. The van der Waals surface area contributed by atoms with Gasteiger partial charge in [0.25, 0.3) is 0 Å². The molecule has 0 spiro atoms. The molecule has 1 aromatic heterocycles. The zero-order chi connectivity index (χ0) is 13.7. The zero-order valence-electron chi connectivity index (χ0n) is 11.2. The maximum atomic E-state index is 9.42. The number of aliphatic hydroxyl groups is 1. The Bertz CT molecular complexity index is 416. The maximum absolute atomic E-state index is 9.42. The maximum Gasteiger partial charge on any atom is 0.224 e. The molecule has 106 valence electrons. The number of aliphatic hydroxyl groups excluding tert-OH is 1. The lowest BCUT2D eigenvalue weighted by Gasteiger charge is -2.30. The first-order valence-corrected chi connectivity index (χ1v) is 7.59. The van der Waals surface area contributed by atoms with Crippen molar-refractivity contribution in [3.05, 3.63) is 10.7 Å². The van der Waals surface area contributed by atoms with Crippen LogP contribution in [0.5, 0.6) is 0 Å². The Kier molecular flexibility index (Phi) is 5.39. The first-order valence-electron chi connectivity index (χ1n) is 6.79. The molecule has 1 saturated carbocycles. The van der Waals surface area contributed by atoms with E-state index in [2.05, 4.69) is 36.5 Å². The Morgan fingerprint density at radius 2 is 2.11 bits per heavy atom. The standard InChI is InChI=1S/C13H21BrN4O/c1-15-13-17-7-11(14)12(18-13)16-6-9-4-2-3-5-10(9)8-19/h7,9-10,19H,2-6,8H2,1H3,(H2,15,16,17,18). The lowest BCUT2D eigenvalue weighted by Crippen LogP contribution is -2.29. The van der Waals surface area contributed by atoms with Crippen LogP contribution in [0.2, 0.25) is 0 Å². The third-order valence-electron chi connectivity index (χ3n) is 3.80. The quantitative estimate of drug-likeness (QED) is 0.774. The number of rotatable bonds is 5. The molecular weight excluding hydrogens is 308 g/mol. The van der Waals surface area contributed by atoms with Crippen LogP contribution in [0.1, 0.15) is 25.7 Å². The second kappa shape index (κ2) is 7.05. The van der Waals surface area contributed by atoms with Crippen LogP contribution in [0.25, 0.3) is 0 Å². The van der Waals surface area contributed by atoms with Crippen molar-refractivity contribution in [1.82, 2.24) is 9.97 Å². The predicted molar refractivity (Wildman–Crippen MR) is 80.3 cm³/mol. The molecule has 0 aromatic carbocycles. The van der Waals surface area contributed by atoms with E-state index in [1.807, 2.05) is 0 Å². The minimum atomic E-state index is 0.291. The number of aromatic nitrogens is 2. The van der Waals surface area contributed by atoms with Gasteiger partial charge in [-0.2, -0.15) is 4.98 Å². The largest absolute Gasteiger partial charge is 0.396 e. The molecule has 1 aromatic rings. The molecule has 2 rings (SSSR count). The minimum absolute atomic E-state index is 0.291. The predicted octanol–water partition coefficient (Wildman–Crippen LogP) is 2.49. The molecular formula is C13H21BrN4O. The Balaban J connectivity index is 1.97. The van der Waals surface area contributed by atoms with Gasteiger partial charge in [-0.05, 0) is 40.6 Å². The molecule has 2 atom stereocenters. The SMILES string of the molecule is CNc1ncc(Br)c(NCC2CCCCC2CO)n1. The van der Waals surface area contributed by atoms with E-state index in [-0.39, 0.29) is 0 Å². The summed E-state index contributed by atoms with van der Waals surface area (Å²) in [5.74, 6) is 2.36. The third kappa shape index (κ3) is 3.79. The van der Waals surface area contributed by atoms with E-state index in [1.165, 1.54) is 19.3 Å². The molecule has 0 aliphatic heterocycles. The summed E-state index contributed by atoms with van der Waals surface area (Å²) in [5, 5.41) is 15.7. The van der Waals surface area contributed by atoms with E-state index in [9.17, 15) is 5.11 Å². The van der Waals surface area contributed by atoms with Crippen molar-refractivity contribution in [1.29, 1.82) is 0 Å². The number of hydrogen-bond acceptors (Lipinski definition) is 5. The zero-order valence-corrected chi connectivity index (χ0v) is 12.8. The van der Waals surface area contributed by atoms with Crippen LogP contribution >= 0.6 is 15.9 Å². The van der Waals surface area contributed by atoms with Crippen molar-refractivity contribution < 1.29 is 5.11 Å². The molecule has 1 heterocycles. The van der Waals surface area contributed by atoms with Crippen LogP contribution in [0.4, 0.5) is 11.8 Å². The van der Waals surface area contributed by atoms with Crippen LogP contribution in [-0.4, -0.2) is 35.3 Å². The highest BCUT2D eigenvalue weighted by Gasteiger charge is 2.24. The van der Waals surface area contributed by atoms with Crippen molar-refractivity contribution in [2.75, 3.05) is 30.8 Å². The number of halogens is 1. The highest BCUT2D eigenvalue weighted by Crippen LogP contribution is 2.30. The summed E-state index contributed by atoms with van der Waals surface area (Å²) >= 11 is 3.45. The van der Waals surface area contributed by atoms with Gasteiger partial charge in [-0.3, -0.25) is 0 Å². The third-order valence-corrected chi connectivity index (χ3v) is 4.38. The summed E-state index contributed by atoms with van der Waals surface area (Å²) in [7, 11) is 1.80. The average Bonchev–Trinajstić information content (AvgIpc) is 2.46. The molecule has 0 bridgehead atoms. The molecule has 2 unspecified atom stereocenters. The fourth-order valence-electron chi connectivity index (χ4n) is 2.63. The van der Waals surface area contributed by atoms with E-state index in [0.29, 0.717) is 24.4 Å². The Hall–Kier alpha value is -0.880. The van der Waals surface area contributed by atoms with Gasteiger partial charge in [-0.25, -0.2) is 4.98 Å². The Labute approximate surface area is 122 Å². The summed E-state index contributed by atoms with van der Waals surface area (Å²) in [6.45, 7) is 1.14. The van der Waals surface area contributed by atoms with Gasteiger partial charge in [0.05, 0.1) is 4.47 Å². The molecule has 0 amide bonds. The van der Waals surface area contributed by atoms with E-state index in [4.69, 9.17) is 0 Å². The first-order chi connectivity index (χ1) is 9.24. The van der Waals surface area contributed by atoms with Gasteiger partial charge >= 0.3 is 0 Å². The highest BCUT2D eigenvalue weighted by atomic mass is 79.9. The smallest absolute Gasteiger partial charge is 0.224 e. The van der Waals surface area contributed by atoms with Crippen molar-refractivity contribution in [3.63, 3.8) is 0 Å². The highest BCUT2D eigenvalue weighted by molar-refractivity contribution is 9.10. The van der Waals surface area contributed by atoms with Crippen LogP contribution in [-0.2, 0) is 0 Å². The number of nitrogens with zero attached hydrogens (tertiary/aromatic N) is 2. The summed E-state index contributed by atoms with van der Waals surface area (Å²) in [4.78, 5) is 8.52. The van der Waals surface area contributed by atoms with Crippen molar-refractivity contribution >= 4 is 27.7 Å². The second-order valence-electron chi connectivity index (χ2n) is 5.01. The van der Waals surface area contributed by atoms with Gasteiger partial charge < -0.3 is 15.7 Å². The molecule has 3 N–H and O–H groups in total. The Morgan fingerprint density at radius 1 is 1.37 bits per heavy atom. The molecule has 1 fully saturated rings. The van der Waals surface area contributed by atoms with Crippen LogP contribution in [0.15, 0.2) is 10.7 Å². The van der Waals surface area contributed by atoms with Crippen LogP contribution < -0.4 is 10.6 Å². The average molecular weight is 329 g/mol. The summed E-state index contributed by atoms with van der Waals surface area (Å²) < 4.78 is 0.864. The molecule has 1 aliphatic rings. The fraction of sp³-hybridized carbons (Fsp3) is 0.692. The van der Waals surface area contributed by atoms with Gasteiger partial charge in [-0.15, -0.1) is 0 Å². The van der Waals surface area contributed by atoms with E-state index in [0.717, 1.165) is 23.3 Å². The summed E-state index contributed by atoms with van der Waals surface area (Å²) in [6.07, 6.45) is 6.55. The minimum Gasteiger partial charge on any atom is -0.396 e. The molecule has 5 nitrogen and oxygen atoms in total. The second-order valence-corrected chi connectivity index (χ2v) is 5.86.